The Hall–Kier alpha value is -1.41. The minimum atomic E-state index is 0.157. The molecule has 0 amide bonds. The summed E-state index contributed by atoms with van der Waals surface area (Å²) in [4.78, 5) is 4.43. The average Bonchev–Trinajstić information content (AvgIpc) is 2.95. The molecular weight excluding hydrogens is 232 g/mol. The Morgan fingerprint density at radius 2 is 2.16 bits per heavy atom. The highest BCUT2D eigenvalue weighted by Gasteiger charge is 2.29. The van der Waals surface area contributed by atoms with E-state index in [-0.39, 0.29) is 6.04 Å². The van der Waals surface area contributed by atoms with E-state index in [0.29, 0.717) is 5.92 Å². The number of nitrogens with zero attached hydrogens (tertiary/aromatic N) is 1. The first kappa shape index (κ1) is 12.6. The molecule has 1 heterocycles. The van der Waals surface area contributed by atoms with E-state index in [1.165, 1.54) is 36.6 Å². The van der Waals surface area contributed by atoms with Crippen molar-refractivity contribution in [1.29, 1.82) is 0 Å². The normalized spacial score (nSPS) is 24.7. The fourth-order valence-corrected chi connectivity index (χ4v) is 3.48. The van der Waals surface area contributed by atoms with Crippen LogP contribution < -0.4 is 5.73 Å². The van der Waals surface area contributed by atoms with Crippen molar-refractivity contribution in [3.63, 3.8) is 0 Å². The molecule has 1 aliphatic rings. The zero-order valence-electron chi connectivity index (χ0n) is 11.5. The Labute approximate surface area is 115 Å². The van der Waals surface area contributed by atoms with Crippen LogP contribution >= 0.6 is 0 Å². The molecule has 1 aromatic heterocycles. The molecule has 19 heavy (non-hydrogen) atoms. The van der Waals surface area contributed by atoms with Crippen molar-refractivity contribution in [2.24, 2.45) is 17.6 Å². The third-order valence-corrected chi connectivity index (χ3v) is 4.71. The maximum Gasteiger partial charge on any atom is 0.0705 e. The molecule has 1 fully saturated rings. The predicted molar refractivity (Wildman–Crippen MR) is 79.8 cm³/mol. The van der Waals surface area contributed by atoms with Crippen molar-refractivity contribution in [3.05, 3.63) is 42.1 Å². The van der Waals surface area contributed by atoms with Crippen LogP contribution in [-0.2, 0) is 0 Å². The Morgan fingerprint density at radius 3 is 2.95 bits per heavy atom. The lowest BCUT2D eigenvalue weighted by Crippen LogP contribution is -2.19. The van der Waals surface area contributed by atoms with Crippen LogP contribution in [-0.4, -0.2) is 4.98 Å². The van der Waals surface area contributed by atoms with Crippen molar-refractivity contribution in [2.75, 3.05) is 0 Å². The monoisotopic (exact) mass is 254 g/mol. The van der Waals surface area contributed by atoms with Gasteiger partial charge in [0, 0.05) is 17.6 Å². The van der Waals surface area contributed by atoms with Crippen LogP contribution in [0.1, 0.15) is 44.2 Å². The van der Waals surface area contributed by atoms with Crippen LogP contribution in [0.25, 0.3) is 10.9 Å². The van der Waals surface area contributed by atoms with Gasteiger partial charge in [0.05, 0.1) is 5.52 Å². The number of hydrogen-bond acceptors (Lipinski definition) is 2. The van der Waals surface area contributed by atoms with Crippen LogP contribution in [0, 0.1) is 11.8 Å². The molecule has 2 aromatic rings. The Kier molecular flexibility index (Phi) is 3.52. The number of rotatable bonds is 3. The third-order valence-electron chi connectivity index (χ3n) is 4.71. The summed E-state index contributed by atoms with van der Waals surface area (Å²) in [5.74, 6) is 1.51. The summed E-state index contributed by atoms with van der Waals surface area (Å²) in [7, 11) is 0. The van der Waals surface area contributed by atoms with Gasteiger partial charge in [-0.05, 0) is 42.4 Å². The molecule has 2 nitrogen and oxygen atoms in total. The van der Waals surface area contributed by atoms with Gasteiger partial charge in [0.1, 0.15) is 0 Å². The Balaban J connectivity index is 1.92. The van der Waals surface area contributed by atoms with Gasteiger partial charge in [-0.25, -0.2) is 0 Å². The molecule has 3 rings (SSSR count). The zero-order valence-corrected chi connectivity index (χ0v) is 11.5. The number of fused-ring (bicyclic) bond motifs is 1. The fraction of sp³-hybridized carbons (Fsp3) is 0.471. The number of hydrogen-bond donors (Lipinski definition) is 1. The van der Waals surface area contributed by atoms with E-state index >= 15 is 0 Å². The number of pyridine rings is 1. The van der Waals surface area contributed by atoms with Crippen molar-refractivity contribution in [3.8, 4) is 0 Å². The molecule has 0 spiro atoms. The Morgan fingerprint density at radius 1 is 1.26 bits per heavy atom. The van der Waals surface area contributed by atoms with Crippen molar-refractivity contribution in [2.45, 2.75) is 38.6 Å². The highest BCUT2D eigenvalue weighted by Crippen LogP contribution is 2.40. The van der Waals surface area contributed by atoms with Gasteiger partial charge >= 0.3 is 0 Å². The standard InChI is InChI=1S/C17H22N2/c1-2-12-8-9-13(11-12)17(18)15-5-3-7-16-14(15)6-4-10-19-16/h3-7,10,12-13,17H,2,8-9,11,18H2,1H3. The molecule has 3 unspecified atom stereocenters. The van der Waals surface area contributed by atoms with Gasteiger partial charge in [-0.3, -0.25) is 4.98 Å². The number of nitrogens with two attached hydrogens (primary N) is 1. The van der Waals surface area contributed by atoms with E-state index in [1.807, 2.05) is 12.3 Å². The summed E-state index contributed by atoms with van der Waals surface area (Å²) in [5.41, 5.74) is 8.88. The lowest BCUT2D eigenvalue weighted by atomic mass is 9.89. The SMILES string of the molecule is CCC1CCC(C(N)c2cccc3ncccc23)C1. The molecule has 1 aromatic carbocycles. The minimum absolute atomic E-state index is 0.157. The topological polar surface area (TPSA) is 38.9 Å². The van der Waals surface area contributed by atoms with Gasteiger partial charge in [0.2, 0.25) is 0 Å². The van der Waals surface area contributed by atoms with Gasteiger partial charge in [-0.1, -0.05) is 38.0 Å². The lowest BCUT2D eigenvalue weighted by molar-refractivity contribution is 0.418. The molecule has 0 bridgehead atoms. The van der Waals surface area contributed by atoms with Crippen LogP contribution in [0.3, 0.4) is 0 Å². The smallest absolute Gasteiger partial charge is 0.0705 e. The van der Waals surface area contributed by atoms with E-state index in [4.69, 9.17) is 5.73 Å². The highest BCUT2D eigenvalue weighted by molar-refractivity contribution is 5.82. The molecule has 2 heteroatoms. The van der Waals surface area contributed by atoms with E-state index in [1.54, 1.807) is 0 Å². The molecular formula is C17H22N2. The predicted octanol–water partition coefficient (Wildman–Crippen LogP) is 4.06. The number of aromatic nitrogens is 1. The highest BCUT2D eigenvalue weighted by atomic mass is 14.7. The summed E-state index contributed by atoms with van der Waals surface area (Å²) < 4.78 is 0. The van der Waals surface area contributed by atoms with Gasteiger partial charge < -0.3 is 5.73 Å². The Bertz CT molecular complexity index is 559. The van der Waals surface area contributed by atoms with Crippen molar-refractivity contribution >= 4 is 10.9 Å². The minimum Gasteiger partial charge on any atom is -0.324 e. The van der Waals surface area contributed by atoms with E-state index < -0.39 is 0 Å². The molecule has 2 N–H and O–H groups in total. The molecule has 100 valence electrons. The zero-order chi connectivity index (χ0) is 13.2. The fourth-order valence-electron chi connectivity index (χ4n) is 3.48. The summed E-state index contributed by atoms with van der Waals surface area (Å²) in [5, 5.41) is 1.22. The number of benzene rings is 1. The second-order valence-electron chi connectivity index (χ2n) is 5.79. The lowest BCUT2D eigenvalue weighted by Gasteiger charge is -2.21. The van der Waals surface area contributed by atoms with Crippen LogP contribution in [0.2, 0.25) is 0 Å². The third kappa shape index (κ3) is 2.37. The van der Waals surface area contributed by atoms with Crippen LogP contribution in [0.5, 0.6) is 0 Å². The van der Waals surface area contributed by atoms with Crippen molar-refractivity contribution < 1.29 is 0 Å². The van der Waals surface area contributed by atoms with Gasteiger partial charge in [0.25, 0.3) is 0 Å². The summed E-state index contributed by atoms with van der Waals surface area (Å²) in [6, 6.07) is 10.6. The molecule has 1 aliphatic carbocycles. The maximum absolute atomic E-state index is 6.56. The van der Waals surface area contributed by atoms with E-state index in [9.17, 15) is 0 Å². The summed E-state index contributed by atoms with van der Waals surface area (Å²) in [6.07, 6.45) is 7.04. The summed E-state index contributed by atoms with van der Waals surface area (Å²) in [6.45, 7) is 2.29. The first-order valence-corrected chi connectivity index (χ1v) is 7.38. The van der Waals surface area contributed by atoms with Crippen LogP contribution in [0.4, 0.5) is 0 Å². The first-order valence-electron chi connectivity index (χ1n) is 7.38. The summed E-state index contributed by atoms with van der Waals surface area (Å²) >= 11 is 0. The first-order chi connectivity index (χ1) is 9.29. The quantitative estimate of drug-likeness (QED) is 0.897. The average molecular weight is 254 g/mol. The van der Waals surface area contributed by atoms with Gasteiger partial charge in [-0.2, -0.15) is 0 Å². The molecule has 0 aliphatic heterocycles. The molecule has 0 radical (unpaired) electrons. The second kappa shape index (κ2) is 5.30. The van der Waals surface area contributed by atoms with Gasteiger partial charge in [-0.15, -0.1) is 0 Å². The molecule has 0 saturated heterocycles. The largest absolute Gasteiger partial charge is 0.324 e. The second-order valence-corrected chi connectivity index (χ2v) is 5.79. The van der Waals surface area contributed by atoms with E-state index in [2.05, 4.69) is 36.2 Å². The van der Waals surface area contributed by atoms with Crippen LogP contribution in [0.15, 0.2) is 36.5 Å². The van der Waals surface area contributed by atoms with Gasteiger partial charge in [0.15, 0.2) is 0 Å². The van der Waals surface area contributed by atoms with E-state index in [0.717, 1.165) is 11.4 Å². The van der Waals surface area contributed by atoms with Crippen molar-refractivity contribution in [1.82, 2.24) is 4.98 Å². The molecule has 1 saturated carbocycles. The molecule has 3 atom stereocenters. The maximum atomic E-state index is 6.56.